The van der Waals surface area contributed by atoms with Crippen molar-refractivity contribution < 1.29 is 14.6 Å². The van der Waals surface area contributed by atoms with Crippen molar-refractivity contribution >= 4 is 23.2 Å². The van der Waals surface area contributed by atoms with Crippen LogP contribution in [0.3, 0.4) is 0 Å². The van der Waals surface area contributed by atoms with Crippen LogP contribution in [0.25, 0.3) is 11.4 Å². The summed E-state index contributed by atoms with van der Waals surface area (Å²) in [7, 11) is 5.53. The molecular formula is C28H28N6O3. The van der Waals surface area contributed by atoms with Gasteiger partial charge >= 0.3 is 0 Å². The molecule has 3 aromatic carbocycles. The Morgan fingerprint density at radius 1 is 1.08 bits per heavy atom. The van der Waals surface area contributed by atoms with Gasteiger partial charge in [-0.15, -0.1) is 5.10 Å². The maximum atomic E-state index is 13.7. The van der Waals surface area contributed by atoms with Crippen molar-refractivity contribution in [3.05, 3.63) is 89.6 Å². The van der Waals surface area contributed by atoms with Crippen molar-refractivity contribution in [1.29, 1.82) is 0 Å². The number of nitrogens with one attached hydrogen (secondary N) is 2. The lowest BCUT2D eigenvalue weighted by Crippen LogP contribution is -2.31. The molecule has 37 heavy (non-hydrogen) atoms. The van der Waals surface area contributed by atoms with Crippen molar-refractivity contribution in [3.8, 4) is 22.9 Å². The van der Waals surface area contributed by atoms with Gasteiger partial charge in [-0.3, -0.25) is 4.79 Å². The lowest BCUT2D eigenvalue weighted by molar-refractivity contribution is -0.113. The summed E-state index contributed by atoms with van der Waals surface area (Å²) in [6.45, 7) is 1.83. The SMILES string of the molecule is COc1ccccc1NC(=O)C1=C(C)Nc2nc(-c3ccc(N(C)C)cc3)nn2C1c1cccc(O)c1. The van der Waals surface area contributed by atoms with Crippen LogP contribution in [0.5, 0.6) is 11.5 Å². The molecule has 0 aliphatic carbocycles. The van der Waals surface area contributed by atoms with Gasteiger partial charge in [0, 0.05) is 31.0 Å². The van der Waals surface area contributed by atoms with Crippen molar-refractivity contribution in [2.24, 2.45) is 0 Å². The van der Waals surface area contributed by atoms with Crippen molar-refractivity contribution in [2.75, 3.05) is 36.7 Å². The largest absolute Gasteiger partial charge is 0.508 e. The smallest absolute Gasteiger partial charge is 0.255 e. The standard InChI is InChI=1S/C28H28N6O3/c1-17-24(27(36)30-22-10-5-6-11-23(22)37-4)25(19-8-7-9-21(35)16-19)34-28(29-17)31-26(32-34)18-12-14-20(15-13-18)33(2)3/h5-16,25,35H,1-4H3,(H,30,36)(H,29,31,32). The summed E-state index contributed by atoms with van der Waals surface area (Å²) in [6, 6.07) is 21.4. The second-order valence-corrected chi connectivity index (χ2v) is 8.96. The Morgan fingerprint density at radius 3 is 2.54 bits per heavy atom. The molecule has 0 fully saturated rings. The lowest BCUT2D eigenvalue weighted by atomic mass is 9.95. The molecule has 1 aliphatic heterocycles. The fourth-order valence-electron chi connectivity index (χ4n) is 4.42. The lowest BCUT2D eigenvalue weighted by Gasteiger charge is -2.29. The van der Waals surface area contributed by atoms with Crippen molar-refractivity contribution in [1.82, 2.24) is 14.8 Å². The highest BCUT2D eigenvalue weighted by atomic mass is 16.5. The molecule has 0 bridgehead atoms. The van der Waals surface area contributed by atoms with Crippen LogP contribution in [0.1, 0.15) is 18.5 Å². The van der Waals surface area contributed by atoms with E-state index in [2.05, 4.69) is 10.6 Å². The minimum Gasteiger partial charge on any atom is -0.508 e. The molecule has 1 amide bonds. The van der Waals surface area contributed by atoms with Gasteiger partial charge in [-0.1, -0.05) is 24.3 Å². The number of carbonyl (C=O) groups excluding carboxylic acids is 1. The summed E-state index contributed by atoms with van der Waals surface area (Å²) < 4.78 is 7.10. The fraction of sp³-hybridized carbons (Fsp3) is 0.179. The zero-order valence-electron chi connectivity index (χ0n) is 21.1. The van der Waals surface area contributed by atoms with E-state index in [1.165, 1.54) is 0 Å². The maximum absolute atomic E-state index is 13.7. The van der Waals surface area contributed by atoms with Gasteiger partial charge in [0.05, 0.1) is 18.4 Å². The predicted octanol–water partition coefficient (Wildman–Crippen LogP) is 4.65. The third-order valence-electron chi connectivity index (χ3n) is 6.28. The van der Waals surface area contributed by atoms with Crippen molar-refractivity contribution in [3.63, 3.8) is 0 Å². The van der Waals surface area contributed by atoms with Crippen LogP contribution < -0.4 is 20.3 Å². The molecule has 2 heterocycles. The highest BCUT2D eigenvalue weighted by Gasteiger charge is 2.35. The Balaban J connectivity index is 1.58. The molecule has 0 saturated carbocycles. The number of anilines is 3. The molecular weight excluding hydrogens is 468 g/mol. The summed E-state index contributed by atoms with van der Waals surface area (Å²) in [5.41, 5.74) is 4.25. The molecule has 0 radical (unpaired) electrons. The molecule has 1 aromatic heterocycles. The second-order valence-electron chi connectivity index (χ2n) is 8.96. The molecule has 0 spiro atoms. The van der Waals surface area contributed by atoms with E-state index in [1.54, 1.807) is 42.1 Å². The highest BCUT2D eigenvalue weighted by Crippen LogP contribution is 2.38. The van der Waals surface area contributed by atoms with Gasteiger partial charge in [-0.05, 0) is 61.0 Å². The van der Waals surface area contributed by atoms with E-state index in [-0.39, 0.29) is 11.7 Å². The predicted molar refractivity (Wildman–Crippen MR) is 144 cm³/mol. The minimum atomic E-state index is -0.625. The first kappa shape index (κ1) is 23.9. The molecule has 1 aliphatic rings. The Bertz CT molecular complexity index is 1490. The number of phenolic OH excluding ortho intramolecular Hbond substituents is 1. The summed E-state index contributed by atoms with van der Waals surface area (Å²) >= 11 is 0. The number of methoxy groups -OCH3 is 1. The molecule has 9 nitrogen and oxygen atoms in total. The number of fused-ring (bicyclic) bond motifs is 1. The third kappa shape index (κ3) is 4.58. The van der Waals surface area contributed by atoms with Crippen LogP contribution in [0.15, 0.2) is 84.1 Å². The number of rotatable bonds is 6. The number of phenols is 1. The Labute approximate surface area is 215 Å². The number of allylic oxidation sites excluding steroid dienone is 1. The number of benzene rings is 3. The molecule has 9 heteroatoms. The number of aromatic hydroxyl groups is 1. The van der Waals surface area contributed by atoms with Gasteiger partial charge in [0.25, 0.3) is 5.91 Å². The molecule has 3 N–H and O–H groups in total. The molecule has 188 valence electrons. The van der Waals surface area contributed by atoms with Gasteiger partial charge in [0.15, 0.2) is 5.82 Å². The van der Waals surface area contributed by atoms with Gasteiger partial charge in [-0.25, -0.2) is 4.68 Å². The van der Waals surface area contributed by atoms with Gasteiger partial charge in [0.1, 0.15) is 17.5 Å². The van der Waals surface area contributed by atoms with Crippen LogP contribution in [0.4, 0.5) is 17.3 Å². The first-order valence-electron chi connectivity index (χ1n) is 11.8. The normalized spacial score (nSPS) is 14.5. The zero-order chi connectivity index (χ0) is 26.1. The van der Waals surface area contributed by atoms with Crippen LogP contribution in [0, 0.1) is 0 Å². The van der Waals surface area contributed by atoms with Gasteiger partial charge in [0.2, 0.25) is 5.95 Å². The van der Waals surface area contributed by atoms with E-state index in [9.17, 15) is 9.90 Å². The van der Waals surface area contributed by atoms with E-state index < -0.39 is 6.04 Å². The van der Waals surface area contributed by atoms with E-state index in [0.29, 0.717) is 40.0 Å². The minimum absolute atomic E-state index is 0.0966. The van der Waals surface area contributed by atoms with Gasteiger partial charge < -0.3 is 25.4 Å². The third-order valence-corrected chi connectivity index (χ3v) is 6.28. The average molecular weight is 497 g/mol. The number of ether oxygens (including phenoxy) is 1. The Morgan fingerprint density at radius 2 is 1.84 bits per heavy atom. The maximum Gasteiger partial charge on any atom is 0.255 e. The first-order chi connectivity index (χ1) is 17.9. The first-order valence-corrected chi connectivity index (χ1v) is 11.8. The Kier molecular flexibility index (Phi) is 6.27. The fourth-order valence-corrected chi connectivity index (χ4v) is 4.42. The molecule has 1 atom stereocenters. The summed E-state index contributed by atoms with van der Waals surface area (Å²) in [6.07, 6.45) is 0. The number of nitrogens with zero attached hydrogens (tertiary/aromatic N) is 4. The van der Waals surface area contributed by atoms with E-state index in [0.717, 1.165) is 11.3 Å². The average Bonchev–Trinajstić information content (AvgIpc) is 3.31. The van der Waals surface area contributed by atoms with E-state index >= 15 is 0 Å². The molecule has 1 unspecified atom stereocenters. The monoisotopic (exact) mass is 496 g/mol. The van der Waals surface area contributed by atoms with Crippen LogP contribution in [-0.4, -0.2) is 47.0 Å². The van der Waals surface area contributed by atoms with Crippen molar-refractivity contribution in [2.45, 2.75) is 13.0 Å². The summed E-state index contributed by atoms with van der Waals surface area (Å²) in [5.74, 6) is 1.36. The molecule has 4 aromatic rings. The van der Waals surface area contributed by atoms with Gasteiger partial charge in [-0.2, -0.15) is 4.98 Å². The number of hydrogen-bond acceptors (Lipinski definition) is 7. The second kappa shape index (κ2) is 9.69. The highest BCUT2D eigenvalue weighted by molar-refractivity contribution is 6.06. The molecule has 0 saturated heterocycles. The van der Waals surface area contributed by atoms with E-state index in [4.69, 9.17) is 14.8 Å². The van der Waals surface area contributed by atoms with Crippen LogP contribution >= 0.6 is 0 Å². The quantitative estimate of drug-likeness (QED) is 0.357. The number of amides is 1. The molecule has 5 rings (SSSR count). The Hall–Kier alpha value is -4.79. The topological polar surface area (TPSA) is 105 Å². The summed E-state index contributed by atoms with van der Waals surface area (Å²) in [4.78, 5) is 20.5. The summed E-state index contributed by atoms with van der Waals surface area (Å²) in [5, 5.41) is 21.3. The number of hydrogen-bond donors (Lipinski definition) is 3. The zero-order valence-corrected chi connectivity index (χ0v) is 21.1. The van der Waals surface area contributed by atoms with Crippen LogP contribution in [-0.2, 0) is 4.79 Å². The number of para-hydroxylation sites is 2. The van der Waals surface area contributed by atoms with Crippen LogP contribution in [0.2, 0.25) is 0 Å². The number of carbonyl (C=O) groups is 1. The van der Waals surface area contributed by atoms with E-state index in [1.807, 2.05) is 68.4 Å². The number of aromatic nitrogens is 3.